The van der Waals surface area contributed by atoms with E-state index in [1.807, 2.05) is 0 Å². The fourth-order valence-corrected chi connectivity index (χ4v) is 4.27. The number of nitrogens with zero attached hydrogens (tertiary/aromatic N) is 1. The van der Waals surface area contributed by atoms with Crippen LogP contribution in [0.25, 0.3) is 0 Å². The van der Waals surface area contributed by atoms with E-state index in [0.29, 0.717) is 24.3 Å². The predicted molar refractivity (Wildman–Crippen MR) is 95.2 cm³/mol. The van der Waals surface area contributed by atoms with Gasteiger partial charge in [0.2, 0.25) is 0 Å². The van der Waals surface area contributed by atoms with Gasteiger partial charge in [-0.1, -0.05) is 48.4 Å². The molecule has 0 N–H and O–H groups in total. The summed E-state index contributed by atoms with van der Waals surface area (Å²) >= 11 is 0. The Hall–Kier alpha value is -1.41. The number of carbonyl (C=O) groups is 1. The van der Waals surface area contributed by atoms with Crippen LogP contribution in [0.3, 0.4) is 0 Å². The van der Waals surface area contributed by atoms with Crippen molar-refractivity contribution in [2.75, 3.05) is 0 Å². The van der Waals surface area contributed by atoms with E-state index in [0.717, 1.165) is 19.4 Å². The molecule has 124 valence electrons. The first kappa shape index (κ1) is 16.4. The molecule has 2 nitrogen and oxygen atoms in total. The molecule has 2 aliphatic rings. The summed E-state index contributed by atoms with van der Waals surface area (Å²) in [6.07, 6.45) is 8.71. The third-order valence-corrected chi connectivity index (χ3v) is 5.50. The number of hydrogen-bond acceptors (Lipinski definition) is 2. The van der Waals surface area contributed by atoms with Crippen LogP contribution in [0.1, 0.15) is 57.9 Å². The van der Waals surface area contributed by atoms with Crippen molar-refractivity contribution >= 4 is 5.78 Å². The monoisotopic (exact) mass is 311 g/mol. The van der Waals surface area contributed by atoms with Gasteiger partial charge in [-0.2, -0.15) is 0 Å². The van der Waals surface area contributed by atoms with Crippen molar-refractivity contribution in [2.45, 2.75) is 71.0 Å². The molecular weight excluding hydrogens is 282 g/mol. The SMILES string of the molecule is CC(C)=CCC(=O)C1CC2CCCC(C1)N2Cc1ccccc1. The van der Waals surface area contributed by atoms with Gasteiger partial charge in [-0.3, -0.25) is 9.69 Å². The van der Waals surface area contributed by atoms with Gasteiger partial charge in [0.25, 0.3) is 0 Å². The third kappa shape index (κ3) is 4.11. The summed E-state index contributed by atoms with van der Waals surface area (Å²) in [7, 11) is 0. The number of carbonyl (C=O) groups excluding carboxylic acids is 1. The minimum absolute atomic E-state index is 0.285. The lowest BCUT2D eigenvalue weighted by Crippen LogP contribution is -2.52. The molecule has 2 aliphatic heterocycles. The first-order chi connectivity index (χ1) is 11.1. The van der Waals surface area contributed by atoms with Crippen LogP contribution in [0.5, 0.6) is 0 Å². The molecule has 2 unspecified atom stereocenters. The molecule has 0 spiro atoms. The maximum absolute atomic E-state index is 12.5. The van der Waals surface area contributed by atoms with Gasteiger partial charge in [-0.25, -0.2) is 0 Å². The highest BCUT2D eigenvalue weighted by Gasteiger charge is 2.39. The van der Waals surface area contributed by atoms with Gasteiger partial charge in [0.1, 0.15) is 5.78 Å². The number of rotatable bonds is 5. The third-order valence-electron chi connectivity index (χ3n) is 5.50. The summed E-state index contributed by atoms with van der Waals surface area (Å²) in [6, 6.07) is 12.0. The summed E-state index contributed by atoms with van der Waals surface area (Å²) < 4.78 is 0. The van der Waals surface area contributed by atoms with Crippen LogP contribution in [0.4, 0.5) is 0 Å². The molecule has 3 rings (SSSR count). The second-order valence-corrected chi connectivity index (χ2v) is 7.52. The summed E-state index contributed by atoms with van der Waals surface area (Å²) in [5.41, 5.74) is 2.65. The Morgan fingerprint density at radius 3 is 2.39 bits per heavy atom. The minimum Gasteiger partial charge on any atom is -0.299 e. The lowest BCUT2D eigenvalue weighted by Gasteiger charge is -2.48. The van der Waals surface area contributed by atoms with Gasteiger partial charge < -0.3 is 0 Å². The van der Waals surface area contributed by atoms with Crippen molar-refractivity contribution in [3.05, 3.63) is 47.5 Å². The van der Waals surface area contributed by atoms with Crippen LogP contribution >= 0.6 is 0 Å². The van der Waals surface area contributed by atoms with Crippen LogP contribution < -0.4 is 0 Å². The topological polar surface area (TPSA) is 20.3 Å². The number of benzene rings is 1. The van der Waals surface area contributed by atoms with Crippen molar-refractivity contribution in [2.24, 2.45) is 5.92 Å². The molecule has 0 radical (unpaired) electrons. The molecule has 0 amide bonds. The van der Waals surface area contributed by atoms with Crippen molar-refractivity contribution in [1.82, 2.24) is 4.90 Å². The molecule has 2 heterocycles. The molecule has 2 heteroatoms. The molecular formula is C21H29NO. The zero-order chi connectivity index (χ0) is 16.2. The van der Waals surface area contributed by atoms with Crippen LogP contribution in [-0.2, 0) is 11.3 Å². The van der Waals surface area contributed by atoms with Crippen LogP contribution in [-0.4, -0.2) is 22.8 Å². The summed E-state index contributed by atoms with van der Waals surface area (Å²) in [5.74, 6) is 0.746. The van der Waals surface area contributed by atoms with Gasteiger partial charge in [0, 0.05) is 31.0 Å². The Labute approximate surface area is 140 Å². The molecule has 0 aliphatic carbocycles. The number of ketones is 1. The highest BCUT2D eigenvalue weighted by atomic mass is 16.1. The molecule has 23 heavy (non-hydrogen) atoms. The Morgan fingerprint density at radius 2 is 1.78 bits per heavy atom. The van der Waals surface area contributed by atoms with E-state index in [-0.39, 0.29) is 5.92 Å². The Morgan fingerprint density at radius 1 is 1.13 bits per heavy atom. The van der Waals surface area contributed by atoms with Gasteiger partial charge in [-0.05, 0) is 45.1 Å². The Kier molecular flexibility index (Phi) is 5.32. The van der Waals surface area contributed by atoms with Crippen molar-refractivity contribution in [1.29, 1.82) is 0 Å². The Balaban J connectivity index is 1.66. The second kappa shape index (κ2) is 7.44. The number of allylic oxidation sites excluding steroid dienone is 2. The highest BCUT2D eigenvalue weighted by Crippen LogP contribution is 2.38. The van der Waals surface area contributed by atoms with Crippen LogP contribution in [0.15, 0.2) is 42.0 Å². The molecule has 0 saturated carbocycles. The summed E-state index contributed by atoms with van der Waals surface area (Å²) in [5, 5.41) is 0. The predicted octanol–water partition coefficient (Wildman–Crippen LogP) is 4.75. The number of fused-ring (bicyclic) bond motifs is 2. The maximum atomic E-state index is 12.5. The van der Waals surface area contributed by atoms with E-state index in [1.165, 1.54) is 30.4 Å². The maximum Gasteiger partial charge on any atom is 0.139 e. The first-order valence-corrected chi connectivity index (χ1v) is 9.09. The number of piperidine rings is 2. The zero-order valence-electron chi connectivity index (χ0n) is 14.5. The molecule has 0 aromatic heterocycles. The fraction of sp³-hybridized carbons (Fsp3) is 0.571. The zero-order valence-corrected chi connectivity index (χ0v) is 14.5. The van der Waals surface area contributed by atoms with E-state index in [1.54, 1.807) is 0 Å². The van der Waals surface area contributed by atoms with Gasteiger partial charge in [-0.15, -0.1) is 0 Å². The largest absolute Gasteiger partial charge is 0.299 e. The normalized spacial score (nSPS) is 27.5. The molecule has 1 aromatic rings. The quantitative estimate of drug-likeness (QED) is 0.732. The smallest absolute Gasteiger partial charge is 0.139 e. The van der Waals surface area contributed by atoms with Crippen molar-refractivity contribution in [3.8, 4) is 0 Å². The lowest BCUT2D eigenvalue weighted by molar-refractivity contribution is -0.126. The minimum atomic E-state index is 0.285. The van der Waals surface area contributed by atoms with Crippen LogP contribution in [0.2, 0.25) is 0 Å². The number of hydrogen-bond donors (Lipinski definition) is 0. The molecule has 2 bridgehead atoms. The average Bonchev–Trinajstić information content (AvgIpc) is 2.53. The second-order valence-electron chi connectivity index (χ2n) is 7.52. The fourth-order valence-electron chi connectivity index (χ4n) is 4.27. The van der Waals surface area contributed by atoms with E-state index >= 15 is 0 Å². The summed E-state index contributed by atoms with van der Waals surface area (Å²) in [6.45, 7) is 5.19. The van der Waals surface area contributed by atoms with E-state index in [4.69, 9.17) is 0 Å². The van der Waals surface area contributed by atoms with Gasteiger partial charge in [0.05, 0.1) is 0 Å². The summed E-state index contributed by atoms with van der Waals surface area (Å²) in [4.78, 5) is 15.2. The first-order valence-electron chi connectivity index (χ1n) is 9.09. The number of Topliss-reactive ketones (excluding diaryl/α,β-unsaturated/α-hetero) is 1. The van der Waals surface area contributed by atoms with E-state index in [2.05, 4.69) is 55.2 Å². The standard InChI is InChI=1S/C21H29NO/c1-16(2)11-12-21(23)18-13-19-9-6-10-20(14-18)22(19)15-17-7-4-3-5-8-17/h3-5,7-8,11,18-20H,6,9-10,12-15H2,1-2H3. The van der Waals surface area contributed by atoms with Crippen molar-refractivity contribution in [3.63, 3.8) is 0 Å². The van der Waals surface area contributed by atoms with Crippen molar-refractivity contribution < 1.29 is 4.79 Å². The van der Waals surface area contributed by atoms with Gasteiger partial charge in [0.15, 0.2) is 0 Å². The molecule has 2 saturated heterocycles. The van der Waals surface area contributed by atoms with Crippen LogP contribution in [0, 0.1) is 5.92 Å². The Bertz CT molecular complexity index is 544. The van der Waals surface area contributed by atoms with E-state index < -0.39 is 0 Å². The van der Waals surface area contributed by atoms with E-state index in [9.17, 15) is 4.79 Å². The molecule has 2 atom stereocenters. The van der Waals surface area contributed by atoms with Gasteiger partial charge >= 0.3 is 0 Å². The average molecular weight is 311 g/mol. The highest BCUT2D eigenvalue weighted by molar-refractivity contribution is 5.82. The molecule has 1 aromatic carbocycles. The lowest BCUT2D eigenvalue weighted by atomic mass is 9.76. The molecule has 2 fully saturated rings.